The van der Waals surface area contributed by atoms with Gasteiger partial charge in [-0.05, 0) is 98.1 Å². The molecule has 2 aliphatic rings. The molecule has 41 heavy (non-hydrogen) atoms. The van der Waals surface area contributed by atoms with Gasteiger partial charge in [-0.15, -0.1) is 0 Å². The number of benzene rings is 3. The lowest BCUT2D eigenvalue weighted by molar-refractivity contribution is -0.0435. The first-order valence-corrected chi connectivity index (χ1v) is 15.6. The van der Waals surface area contributed by atoms with Crippen LogP contribution in [0.15, 0.2) is 72.8 Å². The Bertz CT molecular complexity index is 1270. The van der Waals surface area contributed by atoms with E-state index >= 15 is 0 Å². The molecular weight excluding hydrogens is 514 g/mol. The van der Waals surface area contributed by atoms with Gasteiger partial charge in [0.05, 0.1) is 19.3 Å². The first kappa shape index (κ1) is 29.5. The molecule has 2 atom stereocenters. The zero-order valence-corrected chi connectivity index (χ0v) is 24.6. The van der Waals surface area contributed by atoms with E-state index in [1.165, 1.54) is 56.6 Å². The summed E-state index contributed by atoms with van der Waals surface area (Å²) in [5, 5.41) is 0. The summed E-state index contributed by atoms with van der Waals surface area (Å²) in [6, 6.07) is 19.5. The van der Waals surface area contributed by atoms with Gasteiger partial charge in [0.1, 0.15) is 0 Å². The molecule has 1 saturated heterocycles. The van der Waals surface area contributed by atoms with Crippen LogP contribution in [0, 0.1) is 23.5 Å². The van der Waals surface area contributed by atoms with Crippen LogP contribution in [-0.2, 0) is 4.74 Å². The summed E-state index contributed by atoms with van der Waals surface area (Å²) >= 11 is 0. The Labute approximate surface area is 244 Å². The van der Waals surface area contributed by atoms with Crippen molar-refractivity contribution < 1.29 is 18.3 Å². The quantitative estimate of drug-likeness (QED) is 0.230. The maximum Gasteiger partial charge on any atom is 0.201 e. The number of rotatable bonds is 10. The third kappa shape index (κ3) is 7.27. The highest BCUT2D eigenvalue weighted by molar-refractivity contribution is 5.71. The Balaban J connectivity index is 1.14. The minimum atomic E-state index is -0.934. The van der Waals surface area contributed by atoms with Gasteiger partial charge in [0, 0.05) is 11.5 Å². The summed E-state index contributed by atoms with van der Waals surface area (Å²) in [4.78, 5) is 0. The zero-order valence-electron chi connectivity index (χ0n) is 24.6. The second-order valence-electron chi connectivity index (χ2n) is 11.9. The van der Waals surface area contributed by atoms with Crippen LogP contribution in [0.1, 0.15) is 83.1 Å². The summed E-state index contributed by atoms with van der Waals surface area (Å²) in [5.41, 5.74) is 4.36. The number of halogens is 2. The first-order chi connectivity index (χ1) is 20.1. The fraction of sp³-hybridized carbons (Fsp3) is 0.459. The van der Waals surface area contributed by atoms with Crippen molar-refractivity contribution in [2.45, 2.75) is 83.7 Å². The van der Waals surface area contributed by atoms with Gasteiger partial charge in [0.25, 0.3) is 0 Å². The minimum absolute atomic E-state index is 0.0398. The van der Waals surface area contributed by atoms with Crippen LogP contribution >= 0.6 is 0 Å². The van der Waals surface area contributed by atoms with Crippen molar-refractivity contribution in [3.05, 3.63) is 90.0 Å². The molecule has 2 unspecified atom stereocenters. The third-order valence-corrected chi connectivity index (χ3v) is 9.13. The van der Waals surface area contributed by atoms with Gasteiger partial charge in [-0.2, -0.15) is 4.39 Å². The molecule has 1 saturated carbocycles. The third-order valence-electron chi connectivity index (χ3n) is 9.13. The molecule has 218 valence electrons. The van der Waals surface area contributed by atoms with Gasteiger partial charge in [0.15, 0.2) is 11.6 Å². The molecule has 0 radical (unpaired) electrons. The highest BCUT2D eigenvalue weighted by atomic mass is 19.2. The van der Waals surface area contributed by atoms with E-state index in [4.69, 9.17) is 9.47 Å². The van der Waals surface area contributed by atoms with Crippen molar-refractivity contribution in [3.8, 4) is 28.0 Å². The molecule has 0 aromatic heterocycles. The fourth-order valence-electron chi connectivity index (χ4n) is 6.62. The van der Waals surface area contributed by atoms with Gasteiger partial charge in [0.2, 0.25) is 5.82 Å². The molecule has 4 heteroatoms. The van der Waals surface area contributed by atoms with Gasteiger partial charge >= 0.3 is 0 Å². The lowest BCUT2D eigenvalue weighted by Gasteiger charge is -2.38. The lowest BCUT2D eigenvalue weighted by atomic mass is 9.75. The largest absolute Gasteiger partial charge is 0.490 e. The second-order valence-corrected chi connectivity index (χ2v) is 11.9. The minimum Gasteiger partial charge on any atom is -0.490 e. The molecule has 1 heterocycles. The number of ether oxygens (including phenoxy) is 2. The van der Waals surface area contributed by atoms with Crippen LogP contribution in [0.5, 0.6) is 5.75 Å². The summed E-state index contributed by atoms with van der Waals surface area (Å²) in [6.45, 7) is 5.20. The van der Waals surface area contributed by atoms with Crippen molar-refractivity contribution in [2.75, 3.05) is 13.2 Å². The predicted molar refractivity (Wildman–Crippen MR) is 164 cm³/mol. The maximum atomic E-state index is 14.8. The molecule has 3 aromatic carbocycles. The van der Waals surface area contributed by atoms with Crippen molar-refractivity contribution in [3.63, 3.8) is 0 Å². The van der Waals surface area contributed by atoms with Crippen molar-refractivity contribution in [1.82, 2.24) is 0 Å². The number of hydrogen-bond acceptors (Lipinski definition) is 2. The summed E-state index contributed by atoms with van der Waals surface area (Å²) in [5.74, 6) is 0.229. The Hall–Kier alpha value is -2.98. The van der Waals surface area contributed by atoms with Crippen LogP contribution in [0.25, 0.3) is 22.3 Å². The molecule has 0 N–H and O–H groups in total. The van der Waals surface area contributed by atoms with E-state index in [0.717, 1.165) is 42.4 Å². The predicted octanol–water partition coefficient (Wildman–Crippen LogP) is 10.5. The lowest BCUT2D eigenvalue weighted by Crippen LogP contribution is -2.33. The van der Waals surface area contributed by atoms with Crippen molar-refractivity contribution >= 4 is 0 Å². The Morgan fingerprint density at radius 3 is 2.12 bits per heavy atom. The normalized spacial score (nSPS) is 23.1. The Morgan fingerprint density at radius 1 is 0.805 bits per heavy atom. The van der Waals surface area contributed by atoms with E-state index < -0.39 is 11.6 Å². The van der Waals surface area contributed by atoms with Crippen molar-refractivity contribution in [1.29, 1.82) is 0 Å². The molecule has 0 spiro atoms. The van der Waals surface area contributed by atoms with Gasteiger partial charge < -0.3 is 9.47 Å². The molecular formula is C37H44F2O2. The van der Waals surface area contributed by atoms with Crippen LogP contribution in [0.2, 0.25) is 0 Å². The number of hydrogen-bond donors (Lipinski definition) is 0. The van der Waals surface area contributed by atoms with Crippen molar-refractivity contribution in [2.24, 2.45) is 11.8 Å². The van der Waals surface area contributed by atoms with Crippen LogP contribution in [-0.4, -0.2) is 19.3 Å². The van der Waals surface area contributed by atoms with Gasteiger partial charge in [-0.25, -0.2) is 4.39 Å². The average molecular weight is 559 g/mol. The first-order valence-electron chi connectivity index (χ1n) is 15.6. The fourth-order valence-corrected chi connectivity index (χ4v) is 6.62. The van der Waals surface area contributed by atoms with Gasteiger partial charge in [-0.3, -0.25) is 0 Å². The van der Waals surface area contributed by atoms with E-state index in [9.17, 15) is 8.78 Å². The van der Waals surface area contributed by atoms with Crippen LogP contribution in [0.3, 0.4) is 0 Å². The summed E-state index contributed by atoms with van der Waals surface area (Å²) in [6.07, 6.45) is 15.9. The molecule has 2 fully saturated rings. The molecule has 0 bridgehead atoms. The molecule has 2 nitrogen and oxygen atoms in total. The standard InChI is InChI=1S/C37H44F2O2/c1-3-5-6-7-26-8-10-31(11-9-26)34-22-20-32(25-41-34)29-14-12-27(13-15-29)28-16-18-30(19-17-28)33-21-23-35(40-24-4-2)37(39)36(33)38/h3,5,12-19,21,23,26,31-32,34H,4,6-11,20,22,24-25H2,1-2H3. The van der Waals surface area contributed by atoms with Crippen LogP contribution in [0.4, 0.5) is 8.78 Å². The molecule has 5 rings (SSSR count). The Morgan fingerprint density at radius 2 is 1.49 bits per heavy atom. The average Bonchev–Trinajstić information content (AvgIpc) is 3.03. The topological polar surface area (TPSA) is 18.5 Å². The maximum absolute atomic E-state index is 14.8. The monoisotopic (exact) mass is 558 g/mol. The van der Waals surface area contributed by atoms with E-state index in [1.807, 2.05) is 31.2 Å². The van der Waals surface area contributed by atoms with Gasteiger partial charge in [-0.1, -0.05) is 80.4 Å². The molecule has 1 aliphatic carbocycles. The van der Waals surface area contributed by atoms with E-state index in [1.54, 1.807) is 6.07 Å². The highest BCUT2D eigenvalue weighted by Crippen LogP contribution is 2.39. The molecule has 0 amide bonds. The molecule has 1 aliphatic heterocycles. The van der Waals surface area contributed by atoms with E-state index in [0.29, 0.717) is 24.2 Å². The second kappa shape index (κ2) is 14.3. The zero-order chi connectivity index (χ0) is 28.6. The SMILES string of the molecule is CC=CCCC1CCC(C2CCC(c3ccc(-c4ccc(-c5ccc(OCCC)c(F)c5F)cc4)cc3)CO2)CC1. The Kier molecular flexibility index (Phi) is 10.3. The summed E-state index contributed by atoms with van der Waals surface area (Å²) in [7, 11) is 0. The van der Waals surface area contributed by atoms with E-state index in [-0.39, 0.29) is 11.3 Å². The number of allylic oxidation sites excluding steroid dienone is 2. The molecule has 3 aromatic rings. The summed E-state index contributed by atoms with van der Waals surface area (Å²) < 4.78 is 41.0. The smallest absolute Gasteiger partial charge is 0.201 e. The van der Waals surface area contributed by atoms with E-state index in [2.05, 4.69) is 43.3 Å². The van der Waals surface area contributed by atoms with Crippen LogP contribution < -0.4 is 4.74 Å². The highest BCUT2D eigenvalue weighted by Gasteiger charge is 2.32.